The van der Waals surface area contributed by atoms with E-state index in [1.807, 2.05) is 0 Å². The Kier molecular flexibility index (Phi) is 2.75. The van der Waals surface area contributed by atoms with Crippen molar-refractivity contribution in [1.82, 2.24) is 9.97 Å². The van der Waals surface area contributed by atoms with Crippen LogP contribution in [0.5, 0.6) is 0 Å². The van der Waals surface area contributed by atoms with E-state index in [4.69, 9.17) is 5.73 Å². The molecule has 0 spiro atoms. The highest BCUT2D eigenvalue weighted by molar-refractivity contribution is 5.38. The van der Waals surface area contributed by atoms with Crippen LogP contribution in [0, 0.1) is 11.8 Å². The second-order valence-electron chi connectivity index (χ2n) is 4.63. The van der Waals surface area contributed by atoms with E-state index in [0.717, 1.165) is 19.0 Å². The molecular weight excluding hydrogens is 188 g/mol. The van der Waals surface area contributed by atoms with Crippen molar-refractivity contribution in [2.75, 3.05) is 23.7 Å². The minimum absolute atomic E-state index is 0.547. The fourth-order valence-electron chi connectivity index (χ4n) is 2.34. The predicted octanol–water partition coefficient (Wildman–Crippen LogP) is 1.54. The third kappa shape index (κ3) is 2.37. The highest BCUT2D eigenvalue weighted by Gasteiger charge is 2.23. The van der Waals surface area contributed by atoms with Gasteiger partial charge in [0.2, 0.25) is 5.95 Å². The Morgan fingerprint density at radius 3 is 2.60 bits per heavy atom. The Labute approximate surface area is 90.5 Å². The number of nitrogens with zero attached hydrogens (tertiary/aromatic N) is 3. The molecule has 0 radical (unpaired) electrons. The summed E-state index contributed by atoms with van der Waals surface area (Å²) in [6, 6.07) is 1.72. The van der Waals surface area contributed by atoms with Crippen LogP contribution in [0.15, 0.2) is 12.3 Å². The standard InChI is InChI=1S/C11H18N4/c1-8-5-9(2)7-15(6-8)11-13-4-3-10(12)14-11/h3-4,8-9H,5-7H2,1-2H3,(H2,12,13,14). The van der Waals surface area contributed by atoms with Gasteiger partial charge in [-0.2, -0.15) is 4.98 Å². The zero-order valence-electron chi connectivity index (χ0n) is 9.35. The molecule has 15 heavy (non-hydrogen) atoms. The number of piperidine rings is 1. The van der Waals surface area contributed by atoms with E-state index in [1.165, 1.54) is 6.42 Å². The molecule has 2 unspecified atom stereocenters. The van der Waals surface area contributed by atoms with Crippen LogP contribution in [0.3, 0.4) is 0 Å². The van der Waals surface area contributed by atoms with E-state index in [0.29, 0.717) is 17.7 Å². The van der Waals surface area contributed by atoms with Gasteiger partial charge in [0.25, 0.3) is 0 Å². The van der Waals surface area contributed by atoms with Crippen molar-refractivity contribution in [2.45, 2.75) is 20.3 Å². The molecule has 0 aliphatic carbocycles. The molecule has 2 rings (SSSR count). The SMILES string of the molecule is CC1CC(C)CN(c2nccc(N)n2)C1. The first kappa shape index (κ1) is 10.2. The van der Waals surface area contributed by atoms with Crippen molar-refractivity contribution in [3.63, 3.8) is 0 Å². The molecule has 2 atom stereocenters. The van der Waals surface area contributed by atoms with E-state index in [-0.39, 0.29) is 0 Å². The highest BCUT2D eigenvalue weighted by atomic mass is 15.3. The monoisotopic (exact) mass is 206 g/mol. The van der Waals surface area contributed by atoms with Crippen LogP contribution in [0.4, 0.5) is 11.8 Å². The summed E-state index contributed by atoms with van der Waals surface area (Å²) in [5, 5.41) is 0. The molecular formula is C11H18N4. The van der Waals surface area contributed by atoms with Crippen LogP contribution in [-0.4, -0.2) is 23.1 Å². The Morgan fingerprint density at radius 2 is 2.00 bits per heavy atom. The van der Waals surface area contributed by atoms with E-state index in [9.17, 15) is 0 Å². The summed E-state index contributed by atoms with van der Waals surface area (Å²) in [7, 11) is 0. The lowest BCUT2D eigenvalue weighted by molar-refractivity contribution is 0.353. The quantitative estimate of drug-likeness (QED) is 0.757. The number of nitrogens with two attached hydrogens (primary N) is 1. The summed E-state index contributed by atoms with van der Waals surface area (Å²) >= 11 is 0. The summed E-state index contributed by atoms with van der Waals surface area (Å²) in [4.78, 5) is 10.8. The zero-order chi connectivity index (χ0) is 10.8. The van der Waals surface area contributed by atoms with Crippen molar-refractivity contribution >= 4 is 11.8 Å². The third-order valence-corrected chi connectivity index (χ3v) is 2.82. The largest absolute Gasteiger partial charge is 0.384 e. The number of hydrogen-bond acceptors (Lipinski definition) is 4. The first-order valence-electron chi connectivity index (χ1n) is 5.48. The summed E-state index contributed by atoms with van der Waals surface area (Å²) in [5.41, 5.74) is 5.66. The molecule has 1 aliphatic heterocycles. The van der Waals surface area contributed by atoms with Crippen LogP contribution in [0.25, 0.3) is 0 Å². The van der Waals surface area contributed by atoms with Gasteiger partial charge in [-0.1, -0.05) is 13.8 Å². The summed E-state index contributed by atoms with van der Waals surface area (Å²) in [5.74, 6) is 2.73. The lowest BCUT2D eigenvalue weighted by Gasteiger charge is -2.34. The minimum atomic E-state index is 0.547. The van der Waals surface area contributed by atoms with Crippen LogP contribution in [0.2, 0.25) is 0 Å². The van der Waals surface area contributed by atoms with E-state index in [1.54, 1.807) is 12.3 Å². The van der Waals surface area contributed by atoms with Gasteiger partial charge >= 0.3 is 0 Å². The molecule has 0 aromatic carbocycles. The van der Waals surface area contributed by atoms with Gasteiger partial charge in [0.15, 0.2) is 0 Å². The van der Waals surface area contributed by atoms with Gasteiger partial charge in [-0.05, 0) is 24.3 Å². The number of anilines is 2. The summed E-state index contributed by atoms with van der Waals surface area (Å²) in [6.45, 7) is 6.62. The third-order valence-electron chi connectivity index (χ3n) is 2.82. The van der Waals surface area contributed by atoms with Gasteiger partial charge < -0.3 is 10.6 Å². The van der Waals surface area contributed by atoms with E-state index in [2.05, 4.69) is 28.7 Å². The molecule has 1 aliphatic rings. The van der Waals surface area contributed by atoms with Crippen molar-refractivity contribution in [1.29, 1.82) is 0 Å². The Balaban J connectivity index is 2.16. The Bertz CT molecular complexity index is 329. The number of aromatic nitrogens is 2. The van der Waals surface area contributed by atoms with E-state index >= 15 is 0 Å². The Morgan fingerprint density at radius 1 is 1.33 bits per heavy atom. The molecule has 0 amide bonds. The lowest BCUT2D eigenvalue weighted by Crippen LogP contribution is -2.39. The molecule has 82 valence electrons. The number of nitrogen functional groups attached to an aromatic ring is 1. The van der Waals surface area contributed by atoms with Crippen LogP contribution in [-0.2, 0) is 0 Å². The summed E-state index contributed by atoms with van der Waals surface area (Å²) in [6.07, 6.45) is 3.01. The maximum absolute atomic E-state index is 5.66. The molecule has 0 bridgehead atoms. The predicted molar refractivity (Wildman–Crippen MR) is 61.6 cm³/mol. The average Bonchev–Trinajstić information content (AvgIpc) is 2.16. The van der Waals surface area contributed by atoms with Gasteiger partial charge in [-0.15, -0.1) is 0 Å². The Hall–Kier alpha value is -1.32. The molecule has 1 saturated heterocycles. The second kappa shape index (κ2) is 4.04. The number of rotatable bonds is 1. The molecule has 4 nitrogen and oxygen atoms in total. The highest BCUT2D eigenvalue weighted by Crippen LogP contribution is 2.23. The first-order valence-corrected chi connectivity index (χ1v) is 5.48. The van der Waals surface area contributed by atoms with Crippen molar-refractivity contribution in [3.8, 4) is 0 Å². The van der Waals surface area contributed by atoms with Gasteiger partial charge in [0.1, 0.15) is 5.82 Å². The van der Waals surface area contributed by atoms with Gasteiger partial charge in [-0.25, -0.2) is 4.98 Å². The number of hydrogen-bond donors (Lipinski definition) is 1. The molecule has 1 fully saturated rings. The minimum Gasteiger partial charge on any atom is -0.384 e. The lowest BCUT2D eigenvalue weighted by atomic mass is 9.92. The van der Waals surface area contributed by atoms with Crippen LogP contribution in [0.1, 0.15) is 20.3 Å². The maximum Gasteiger partial charge on any atom is 0.227 e. The van der Waals surface area contributed by atoms with Crippen molar-refractivity contribution < 1.29 is 0 Å². The fourth-order valence-corrected chi connectivity index (χ4v) is 2.34. The molecule has 1 aromatic rings. The fraction of sp³-hybridized carbons (Fsp3) is 0.636. The first-order chi connectivity index (χ1) is 7.15. The normalized spacial score (nSPS) is 26.7. The van der Waals surface area contributed by atoms with Crippen LogP contribution >= 0.6 is 0 Å². The molecule has 1 aromatic heterocycles. The molecule has 2 heterocycles. The van der Waals surface area contributed by atoms with Crippen LogP contribution < -0.4 is 10.6 Å². The molecule has 0 saturated carbocycles. The van der Waals surface area contributed by atoms with E-state index < -0.39 is 0 Å². The van der Waals surface area contributed by atoms with Gasteiger partial charge in [-0.3, -0.25) is 0 Å². The topological polar surface area (TPSA) is 55.0 Å². The smallest absolute Gasteiger partial charge is 0.227 e. The maximum atomic E-state index is 5.66. The summed E-state index contributed by atoms with van der Waals surface area (Å²) < 4.78 is 0. The average molecular weight is 206 g/mol. The molecule has 4 heteroatoms. The van der Waals surface area contributed by atoms with Crippen molar-refractivity contribution in [3.05, 3.63) is 12.3 Å². The van der Waals surface area contributed by atoms with Gasteiger partial charge in [0.05, 0.1) is 0 Å². The van der Waals surface area contributed by atoms with Gasteiger partial charge in [0, 0.05) is 19.3 Å². The van der Waals surface area contributed by atoms with Crippen molar-refractivity contribution in [2.24, 2.45) is 11.8 Å². The zero-order valence-corrected chi connectivity index (χ0v) is 9.35. The molecule has 2 N–H and O–H groups in total. The second-order valence-corrected chi connectivity index (χ2v) is 4.63.